The summed E-state index contributed by atoms with van der Waals surface area (Å²) in [5.74, 6) is 1.89. The Morgan fingerprint density at radius 3 is 1.15 bits per heavy atom. The largest absolute Gasteiger partial charge is 0.327 e. The number of fused-ring (bicyclic) bond motifs is 2. The first-order valence-corrected chi connectivity index (χ1v) is 26.8. The molecule has 20 heteroatoms. The number of rotatable bonds is 14. The molecule has 2 aromatic heterocycles. The van der Waals surface area contributed by atoms with Crippen molar-refractivity contribution in [3.05, 3.63) is 48.0 Å². The lowest BCUT2D eigenvalue weighted by atomic mass is 9.92. The molecule has 2 fully saturated rings. The van der Waals surface area contributed by atoms with Crippen LogP contribution < -0.4 is 0 Å². The molecule has 0 bridgehead atoms. The third kappa shape index (κ3) is 11.3. The smallest absolute Gasteiger partial charge is 0.211 e. The molecule has 336 valence electrons. The lowest BCUT2D eigenvalue weighted by molar-refractivity contribution is 0.311. The molecule has 4 heterocycles. The maximum absolute atomic E-state index is 13.0. The molecule has 0 unspecified atom stereocenters. The number of benzene rings is 2. The van der Waals surface area contributed by atoms with Gasteiger partial charge in [-0.25, -0.2) is 43.6 Å². The molecule has 16 nitrogen and oxygen atoms in total. The van der Waals surface area contributed by atoms with Crippen molar-refractivity contribution in [2.75, 3.05) is 80.0 Å². The van der Waals surface area contributed by atoms with E-state index in [1.807, 2.05) is 40.3 Å². The lowest BCUT2D eigenvalue weighted by Gasteiger charge is -2.36. The van der Waals surface area contributed by atoms with Crippen LogP contribution in [-0.4, -0.2) is 162 Å². The van der Waals surface area contributed by atoms with E-state index >= 15 is 0 Å². The van der Waals surface area contributed by atoms with Gasteiger partial charge in [0, 0.05) is 65.2 Å². The summed E-state index contributed by atoms with van der Waals surface area (Å²) >= 11 is 0. The van der Waals surface area contributed by atoms with Crippen molar-refractivity contribution >= 4 is 61.8 Å². The van der Waals surface area contributed by atoms with Gasteiger partial charge in [0.25, 0.3) is 0 Å². The molecule has 2 aliphatic rings. The number of imidazole rings is 2. The van der Waals surface area contributed by atoms with Crippen molar-refractivity contribution in [2.45, 2.75) is 87.8 Å². The van der Waals surface area contributed by atoms with Crippen molar-refractivity contribution in [3.8, 4) is 0 Å². The van der Waals surface area contributed by atoms with E-state index < -0.39 is 50.2 Å². The number of sulfone groups is 2. The van der Waals surface area contributed by atoms with E-state index in [4.69, 9.17) is 9.97 Å². The van der Waals surface area contributed by atoms with Crippen LogP contribution in [0.5, 0.6) is 0 Å². The minimum Gasteiger partial charge on any atom is -0.327 e. The second kappa shape index (κ2) is 17.3. The number of hydrogen-bond acceptors (Lipinski definition) is 12. The molecule has 0 atom stereocenters. The van der Waals surface area contributed by atoms with Gasteiger partial charge in [-0.15, -0.1) is 0 Å². The van der Waals surface area contributed by atoms with E-state index in [1.54, 1.807) is 24.3 Å². The molecule has 0 saturated carbocycles. The molecule has 4 aromatic rings. The maximum Gasteiger partial charge on any atom is 0.211 e. The van der Waals surface area contributed by atoms with Crippen LogP contribution in [0.15, 0.2) is 46.2 Å². The topological polar surface area (TPSA) is 185 Å². The van der Waals surface area contributed by atoms with Crippen LogP contribution in [0.3, 0.4) is 0 Å². The third-order valence-electron chi connectivity index (χ3n) is 10.6. The monoisotopic (exact) mass is 912 g/mol. The molecule has 6 rings (SSSR count). The van der Waals surface area contributed by atoms with Gasteiger partial charge in [-0.2, -0.15) is 8.61 Å². The van der Waals surface area contributed by atoms with Gasteiger partial charge in [0.2, 0.25) is 20.0 Å². The fourth-order valence-electron chi connectivity index (χ4n) is 7.11. The summed E-state index contributed by atoms with van der Waals surface area (Å²) in [6.07, 6.45) is 3.75. The maximum atomic E-state index is 13.0. The van der Waals surface area contributed by atoms with E-state index in [9.17, 15) is 33.7 Å². The second-order valence-electron chi connectivity index (χ2n) is 19.2. The summed E-state index contributed by atoms with van der Waals surface area (Å²) in [6, 6.07) is 10.2. The average molecular weight is 913 g/mol. The Labute approximate surface area is 357 Å². The van der Waals surface area contributed by atoms with Gasteiger partial charge >= 0.3 is 0 Å². The molecule has 2 saturated heterocycles. The van der Waals surface area contributed by atoms with Gasteiger partial charge in [-0.3, -0.25) is 0 Å². The molecular formula is C40H64N8O8S4. The average Bonchev–Trinajstić information content (AvgIpc) is 3.53. The zero-order chi connectivity index (χ0) is 45.0. The molecule has 2 aromatic carbocycles. The fourth-order valence-corrected chi connectivity index (χ4v) is 12.6. The number of nitrogens with zero attached hydrogens (tertiary/aromatic N) is 8. The highest BCUT2D eigenvalue weighted by Crippen LogP contribution is 2.32. The van der Waals surface area contributed by atoms with Crippen LogP contribution in [0.2, 0.25) is 0 Å². The molecule has 0 radical (unpaired) electrons. The summed E-state index contributed by atoms with van der Waals surface area (Å²) in [5, 5.41) is -1.43. The highest BCUT2D eigenvalue weighted by atomic mass is 32.2. The Kier molecular flexibility index (Phi) is 13.9. The fraction of sp³-hybridized carbons (Fsp3) is 0.650. The number of hydrogen-bond donors (Lipinski definition) is 0. The van der Waals surface area contributed by atoms with Gasteiger partial charge < -0.3 is 18.9 Å². The summed E-state index contributed by atoms with van der Waals surface area (Å²) in [5.41, 5.74) is 3.25. The SMILES string of the molecule is CN(C)CCn1c(CC(C)(C)C)nc2cc(S(=O)(=O)C3CN(S(C)(=O)=O)C3)ccc21.CN(C)CCn1c(CC(C)(C)C)nc2cc(S(=O)(=O)C3CN(S(C)(=O)=O)C3)ccc21. The number of aromatic nitrogens is 4. The standard InChI is InChI=1S/2C20H32N4O4S2/c2*1-20(2,3)12-19-21-17-11-15(7-8-18(17)24(19)10-9-22(4)5)30(27,28)16-13-23(14-16)29(6,25)26/h2*7-8,11,16H,9-10,12-14H2,1-6H3. The third-order valence-corrected chi connectivity index (χ3v) is 17.3. The Bertz CT molecular complexity index is 2460. The van der Waals surface area contributed by atoms with Gasteiger partial charge in [0.1, 0.15) is 11.6 Å². The van der Waals surface area contributed by atoms with Gasteiger partial charge in [-0.1, -0.05) is 41.5 Å². The Morgan fingerprint density at radius 1 is 0.567 bits per heavy atom. The predicted molar refractivity (Wildman–Crippen MR) is 238 cm³/mol. The van der Waals surface area contributed by atoms with Crippen LogP contribution in [0.4, 0.5) is 0 Å². The van der Waals surface area contributed by atoms with Gasteiger partial charge in [-0.05, 0) is 75.4 Å². The molecule has 60 heavy (non-hydrogen) atoms. The number of likely N-dealkylation sites (N-methyl/N-ethyl adjacent to an activating group) is 2. The first-order chi connectivity index (χ1) is 27.4. The zero-order valence-electron chi connectivity index (χ0n) is 37.2. The molecule has 0 amide bonds. The normalized spacial score (nSPS) is 17.0. The molecule has 0 N–H and O–H groups in total. The summed E-state index contributed by atoms with van der Waals surface area (Å²) in [4.78, 5) is 14.2. The van der Waals surface area contributed by atoms with Crippen LogP contribution in [-0.2, 0) is 65.7 Å². The van der Waals surface area contributed by atoms with E-state index in [0.717, 1.165) is 74.2 Å². The minimum absolute atomic E-state index is 0.00571. The van der Waals surface area contributed by atoms with Crippen LogP contribution in [0.1, 0.15) is 53.2 Å². The van der Waals surface area contributed by atoms with Gasteiger partial charge in [0.15, 0.2) is 19.7 Å². The summed E-state index contributed by atoms with van der Waals surface area (Å²) < 4.78 is 105. The van der Waals surface area contributed by atoms with Crippen LogP contribution in [0.25, 0.3) is 22.1 Å². The second-order valence-corrected chi connectivity index (χ2v) is 27.7. The Morgan fingerprint density at radius 2 is 0.883 bits per heavy atom. The minimum atomic E-state index is -3.61. The number of sulfonamides is 2. The van der Waals surface area contributed by atoms with Crippen molar-refractivity contribution in [1.82, 2.24) is 37.5 Å². The quantitative estimate of drug-likeness (QED) is 0.180. The van der Waals surface area contributed by atoms with Crippen molar-refractivity contribution < 1.29 is 33.7 Å². The first kappa shape index (κ1) is 48.1. The molecule has 0 spiro atoms. The van der Waals surface area contributed by atoms with Crippen molar-refractivity contribution in [1.29, 1.82) is 0 Å². The zero-order valence-corrected chi connectivity index (χ0v) is 40.4. The predicted octanol–water partition coefficient (Wildman–Crippen LogP) is 3.21. The van der Waals surface area contributed by atoms with Crippen LogP contribution >= 0.6 is 0 Å². The van der Waals surface area contributed by atoms with Crippen molar-refractivity contribution in [3.63, 3.8) is 0 Å². The van der Waals surface area contributed by atoms with Gasteiger partial charge in [0.05, 0.1) is 54.9 Å². The van der Waals surface area contributed by atoms with E-state index in [2.05, 4.69) is 60.5 Å². The van der Waals surface area contributed by atoms with Crippen molar-refractivity contribution in [2.24, 2.45) is 10.8 Å². The lowest BCUT2D eigenvalue weighted by Crippen LogP contribution is -2.56. The summed E-state index contributed by atoms with van der Waals surface area (Å²) in [7, 11) is -5.87. The summed E-state index contributed by atoms with van der Waals surface area (Å²) in [6.45, 7) is 16.2. The Hall–Kier alpha value is -2.98. The molecule has 0 aliphatic carbocycles. The van der Waals surface area contributed by atoms with Crippen LogP contribution in [0, 0.1) is 10.8 Å². The molecule has 2 aliphatic heterocycles. The highest BCUT2D eigenvalue weighted by Gasteiger charge is 2.43. The van der Waals surface area contributed by atoms with E-state index in [1.165, 1.54) is 8.61 Å². The first-order valence-electron chi connectivity index (χ1n) is 20.0. The Balaban J connectivity index is 0.000000228. The van der Waals surface area contributed by atoms with E-state index in [0.29, 0.717) is 11.0 Å². The van der Waals surface area contributed by atoms with E-state index in [-0.39, 0.29) is 46.8 Å². The highest BCUT2D eigenvalue weighted by molar-refractivity contribution is 7.93. The molecular weight excluding hydrogens is 849 g/mol.